The number of hydrazone groups is 1. The summed E-state index contributed by atoms with van der Waals surface area (Å²) in [6.07, 6.45) is 4.85. The van der Waals surface area contributed by atoms with E-state index in [1.807, 2.05) is 62.4 Å². The second kappa shape index (κ2) is 12.1. The van der Waals surface area contributed by atoms with E-state index in [4.69, 9.17) is 11.6 Å². The predicted molar refractivity (Wildman–Crippen MR) is 157 cm³/mol. The number of rotatable bonds is 7. The molecule has 9 nitrogen and oxygen atoms in total. The van der Waals surface area contributed by atoms with Gasteiger partial charge in [-0.25, -0.2) is 24.8 Å². The molecule has 0 radical (unpaired) electrons. The summed E-state index contributed by atoms with van der Waals surface area (Å²) in [5, 5.41) is 7.08. The molecular formula is C31H28ClN6O3+. The van der Waals surface area contributed by atoms with Crippen LogP contribution in [-0.4, -0.2) is 35.1 Å². The number of carbonyl (C=O) groups is 3. The van der Waals surface area contributed by atoms with Crippen LogP contribution in [-0.2, 0) is 11.3 Å². The molecular weight excluding hydrogens is 540 g/mol. The molecule has 1 aliphatic heterocycles. The first-order chi connectivity index (χ1) is 19.8. The predicted octanol–water partition coefficient (Wildman–Crippen LogP) is 4.70. The fraction of sp³-hybridized carbons (Fsp3) is 0.161. The van der Waals surface area contributed by atoms with E-state index < -0.39 is 5.92 Å². The van der Waals surface area contributed by atoms with Crippen molar-refractivity contribution in [3.05, 3.63) is 113 Å². The number of urea groups is 1. The maximum Gasteiger partial charge on any atom is 0.335 e. The molecule has 0 fully saturated rings. The summed E-state index contributed by atoms with van der Waals surface area (Å²) in [5.74, 6) is -1.17. The van der Waals surface area contributed by atoms with Gasteiger partial charge < -0.3 is 5.32 Å². The third kappa shape index (κ3) is 6.31. The summed E-state index contributed by atoms with van der Waals surface area (Å²) in [6, 6.07) is 23.4. The Morgan fingerprint density at radius 1 is 1.05 bits per heavy atom. The van der Waals surface area contributed by atoms with E-state index in [0.29, 0.717) is 16.5 Å². The standard InChI is InChI=1S/C31H27ClN6O3/c1-20(2)35-31(41)36-34-18-21-7-5-8-23(15-21)24-9-6-10-25(16-24)28-29(39)37-14-4-3-11-27(37)38(30(28)40)19-22-12-13-26(32)33-17-22/h3-18,20,28H,19H2,1-2H3,(H-,35,36,41)/p+1/b34-18+. The van der Waals surface area contributed by atoms with Crippen LogP contribution >= 0.6 is 11.6 Å². The molecule has 0 spiro atoms. The lowest BCUT2D eigenvalue weighted by molar-refractivity contribution is -0.563. The Morgan fingerprint density at radius 2 is 1.83 bits per heavy atom. The van der Waals surface area contributed by atoms with E-state index >= 15 is 0 Å². The number of pyridine rings is 2. The maximum absolute atomic E-state index is 13.9. The third-order valence-corrected chi connectivity index (χ3v) is 6.70. The number of nitrogens with zero attached hydrogens (tertiary/aromatic N) is 4. The van der Waals surface area contributed by atoms with Crippen molar-refractivity contribution in [2.45, 2.75) is 32.4 Å². The van der Waals surface area contributed by atoms with Crippen molar-refractivity contribution < 1.29 is 19.0 Å². The molecule has 10 heteroatoms. The topological polar surface area (TPSA) is 108 Å². The summed E-state index contributed by atoms with van der Waals surface area (Å²) in [6.45, 7) is 3.96. The van der Waals surface area contributed by atoms with Crippen LogP contribution in [0.3, 0.4) is 0 Å². The molecule has 0 bridgehead atoms. The average molecular weight is 568 g/mol. The van der Waals surface area contributed by atoms with Gasteiger partial charge in [-0.2, -0.15) is 14.6 Å². The van der Waals surface area contributed by atoms with Crippen LogP contribution in [0.5, 0.6) is 0 Å². The number of amides is 3. The highest BCUT2D eigenvalue weighted by molar-refractivity contribution is 6.29. The fourth-order valence-electron chi connectivity index (χ4n) is 4.64. The Kier molecular flexibility index (Phi) is 8.16. The van der Waals surface area contributed by atoms with Crippen LogP contribution in [0, 0.1) is 0 Å². The second-order valence-electron chi connectivity index (χ2n) is 9.86. The van der Waals surface area contributed by atoms with Crippen molar-refractivity contribution in [2.24, 2.45) is 5.10 Å². The van der Waals surface area contributed by atoms with Crippen LogP contribution in [0.25, 0.3) is 11.1 Å². The molecule has 0 saturated heterocycles. The van der Waals surface area contributed by atoms with Gasteiger partial charge in [0.25, 0.3) is 5.82 Å². The quantitative estimate of drug-likeness (QED) is 0.111. The lowest BCUT2D eigenvalue weighted by atomic mass is 9.91. The Hall–Kier alpha value is -4.89. The van der Waals surface area contributed by atoms with Crippen LogP contribution < -0.4 is 20.2 Å². The maximum atomic E-state index is 13.9. The van der Waals surface area contributed by atoms with Gasteiger partial charge in [0.15, 0.2) is 5.92 Å². The van der Waals surface area contributed by atoms with Gasteiger partial charge in [-0.15, -0.1) is 0 Å². The number of hydrogen-bond donors (Lipinski definition) is 2. The Morgan fingerprint density at radius 3 is 2.59 bits per heavy atom. The lowest BCUT2D eigenvalue weighted by Crippen LogP contribution is -2.59. The zero-order chi connectivity index (χ0) is 28.9. The number of anilines is 1. The van der Waals surface area contributed by atoms with Gasteiger partial charge in [0.05, 0.1) is 12.4 Å². The number of nitrogens with one attached hydrogen (secondary N) is 2. The molecule has 1 aliphatic rings. The third-order valence-electron chi connectivity index (χ3n) is 6.48. The highest BCUT2D eigenvalue weighted by atomic mass is 35.5. The molecule has 4 aromatic rings. The van der Waals surface area contributed by atoms with Crippen LogP contribution in [0.15, 0.2) is 96.4 Å². The summed E-state index contributed by atoms with van der Waals surface area (Å²) in [7, 11) is 0. The Balaban J connectivity index is 1.43. The SMILES string of the molecule is CC(C)NC(=O)N/N=C/c1cccc(-c2cccc(C3C(=O)N(Cc4ccc(Cl)nc4)c4cccc[n+]4C3=O)c2)c1. The molecule has 1 unspecified atom stereocenters. The van der Waals surface area contributed by atoms with E-state index in [1.54, 1.807) is 53.8 Å². The van der Waals surface area contributed by atoms with Gasteiger partial charge in [0.1, 0.15) is 11.7 Å². The molecule has 3 heterocycles. The number of benzene rings is 2. The molecule has 206 valence electrons. The first kappa shape index (κ1) is 27.7. The van der Waals surface area contributed by atoms with Gasteiger partial charge >= 0.3 is 17.8 Å². The number of hydrogen-bond acceptors (Lipinski definition) is 5. The summed E-state index contributed by atoms with van der Waals surface area (Å²) >= 11 is 5.95. The Labute approximate surface area is 242 Å². The Bertz CT molecular complexity index is 1640. The molecule has 0 saturated carbocycles. The van der Waals surface area contributed by atoms with Crippen molar-refractivity contribution >= 4 is 41.5 Å². The molecule has 2 aromatic carbocycles. The van der Waals surface area contributed by atoms with E-state index in [-0.39, 0.29) is 30.4 Å². The van der Waals surface area contributed by atoms with Crippen molar-refractivity contribution in [3.63, 3.8) is 0 Å². The van der Waals surface area contributed by atoms with Crippen molar-refractivity contribution in [1.29, 1.82) is 0 Å². The van der Waals surface area contributed by atoms with Gasteiger partial charge in [0.2, 0.25) is 0 Å². The molecule has 41 heavy (non-hydrogen) atoms. The normalized spacial score (nSPS) is 14.8. The summed E-state index contributed by atoms with van der Waals surface area (Å²) < 4.78 is 1.52. The highest BCUT2D eigenvalue weighted by Crippen LogP contribution is 2.31. The molecule has 2 N–H and O–H groups in total. The fourth-order valence-corrected chi connectivity index (χ4v) is 4.75. The van der Waals surface area contributed by atoms with Gasteiger partial charge in [0, 0.05) is 23.9 Å². The minimum atomic E-state index is -1.02. The first-order valence-electron chi connectivity index (χ1n) is 13.1. The van der Waals surface area contributed by atoms with Gasteiger partial charge in [-0.05, 0) is 60.4 Å². The molecule has 5 rings (SSSR count). The van der Waals surface area contributed by atoms with E-state index in [9.17, 15) is 14.4 Å². The number of halogens is 1. The highest BCUT2D eigenvalue weighted by Gasteiger charge is 2.47. The minimum absolute atomic E-state index is 0.00265. The molecule has 3 amide bonds. The van der Waals surface area contributed by atoms with Crippen LogP contribution in [0.4, 0.5) is 10.6 Å². The minimum Gasteiger partial charge on any atom is -0.335 e. The number of carbonyl (C=O) groups excluding carboxylic acids is 3. The van der Waals surface area contributed by atoms with Crippen molar-refractivity contribution in [1.82, 2.24) is 15.7 Å². The van der Waals surface area contributed by atoms with Gasteiger partial charge in [-0.1, -0.05) is 60.1 Å². The zero-order valence-corrected chi connectivity index (χ0v) is 23.2. The van der Waals surface area contributed by atoms with E-state index in [1.165, 1.54) is 4.57 Å². The summed E-state index contributed by atoms with van der Waals surface area (Å²) in [5.41, 5.74) is 6.30. The number of aromatic nitrogens is 2. The first-order valence-corrected chi connectivity index (χ1v) is 13.4. The van der Waals surface area contributed by atoms with E-state index in [2.05, 4.69) is 20.8 Å². The van der Waals surface area contributed by atoms with Crippen LogP contribution in [0.1, 0.15) is 41.3 Å². The number of fused-ring (bicyclic) bond motifs is 1. The smallest absolute Gasteiger partial charge is 0.335 e. The van der Waals surface area contributed by atoms with E-state index in [0.717, 1.165) is 22.3 Å². The second-order valence-corrected chi connectivity index (χ2v) is 10.2. The average Bonchev–Trinajstić information content (AvgIpc) is 2.96. The monoisotopic (exact) mass is 567 g/mol. The lowest BCUT2D eigenvalue weighted by Gasteiger charge is -2.26. The van der Waals surface area contributed by atoms with Crippen LogP contribution in [0.2, 0.25) is 5.15 Å². The largest absolute Gasteiger partial charge is 0.335 e. The molecule has 2 aromatic heterocycles. The zero-order valence-electron chi connectivity index (χ0n) is 22.5. The summed E-state index contributed by atoms with van der Waals surface area (Å²) in [4.78, 5) is 45.1. The molecule has 0 aliphatic carbocycles. The van der Waals surface area contributed by atoms with Gasteiger partial charge in [-0.3, -0.25) is 0 Å². The van der Waals surface area contributed by atoms with Crippen molar-refractivity contribution in [2.75, 3.05) is 4.90 Å². The van der Waals surface area contributed by atoms with Crippen molar-refractivity contribution in [3.8, 4) is 11.1 Å². The molecule has 1 atom stereocenters.